The van der Waals surface area contributed by atoms with E-state index in [0.29, 0.717) is 18.8 Å². The summed E-state index contributed by atoms with van der Waals surface area (Å²) in [6.45, 7) is 2.39. The molecule has 0 aliphatic rings. The number of carbonyl (C=O) groups excluding carboxylic acids is 1. The zero-order chi connectivity index (χ0) is 22.1. The van der Waals surface area contributed by atoms with Crippen molar-refractivity contribution in [3.63, 3.8) is 0 Å². The summed E-state index contributed by atoms with van der Waals surface area (Å²) in [4.78, 5) is 12.5. The molecule has 5 nitrogen and oxygen atoms in total. The molecule has 0 saturated carbocycles. The van der Waals surface area contributed by atoms with Gasteiger partial charge in [-0.25, -0.2) is 5.43 Å². The van der Waals surface area contributed by atoms with Crippen LogP contribution in [-0.4, -0.2) is 18.2 Å². The zero-order valence-electron chi connectivity index (χ0n) is 17.0. The maximum Gasteiger partial charge on any atom is 0.262 e. The molecule has 3 rings (SSSR count). The van der Waals surface area contributed by atoms with Gasteiger partial charge in [-0.1, -0.05) is 69.1 Å². The highest BCUT2D eigenvalue weighted by Gasteiger charge is 2.15. The number of benzene rings is 3. The van der Waals surface area contributed by atoms with Crippen molar-refractivity contribution < 1.29 is 9.53 Å². The third-order valence-electron chi connectivity index (χ3n) is 4.50. The van der Waals surface area contributed by atoms with E-state index in [0.717, 1.165) is 25.8 Å². The van der Waals surface area contributed by atoms with Gasteiger partial charge in [0.1, 0.15) is 18.4 Å². The minimum atomic E-state index is -0.393. The number of nitrogens with one attached hydrogen (secondary N) is 2. The molecule has 0 aliphatic heterocycles. The number of halogens is 2. The summed E-state index contributed by atoms with van der Waals surface area (Å²) in [5.74, 6) is 0.495. The lowest BCUT2D eigenvalue weighted by Gasteiger charge is -2.16. The Morgan fingerprint density at radius 2 is 1.81 bits per heavy atom. The van der Waals surface area contributed by atoms with Crippen LogP contribution in [0.1, 0.15) is 24.5 Å². The minimum absolute atomic E-state index is 0.202. The maximum atomic E-state index is 12.5. The largest absolute Gasteiger partial charge is 0.488 e. The van der Waals surface area contributed by atoms with E-state index in [1.54, 1.807) is 6.21 Å². The Hall–Kier alpha value is -2.64. The van der Waals surface area contributed by atoms with E-state index >= 15 is 0 Å². The van der Waals surface area contributed by atoms with Gasteiger partial charge in [-0.3, -0.25) is 4.79 Å². The third kappa shape index (κ3) is 7.22. The smallest absolute Gasteiger partial charge is 0.262 e. The van der Waals surface area contributed by atoms with Crippen LogP contribution < -0.4 is 15.5 Å². The second-order valence-corrected chi connectivity index (χ2v) is 8.63. The maximum absolute atomic E-state index is 12.5. The van der Waals surface area contributed by atoms with Gasteiger partial charge < -0.3 is 10.1 Å². The van der Waals surface area contributed by atoms with E-state index in [9.17, 15) is 4.79 Å². The van der Waals surface area contributed by atoms with Gasteiger partial charge in [0.15, 0.2) is 0 Å². The average molecular weight is 545 g/mol. The summed E-state index contributed by atoms with van der Waals surface area (Å²) in [7, 11) is 0. The first-order valence-electron chi connectivity index (χ1n) is 9.86. The van der Waals surface area contributed by atoms with E-state index in [-0.39, 0.29) is 5.91 Å². The fraction of sp³-hybridized carbons (Fsp3) is 0.167. The van der Waals surface area contributed by atoms with Gasteiger partial charge >= 0.3 is 0 Å². The number of hydrogen-bond donors (Lipinski definition) is 2. The van der Waals surface area contributed by atoms with Crippen molar-refractivity contribution in [2.24, 2.45) is 5.10 Å². The summed E-state index contributed by atoms with van der Waals surface area (Å²) in [6, 6.07) is 22.9. The van der Waals surface area contributed by atoms with E-state index in [1.165, 1.54) is 0 Å². The molecule has 0 aromatic heterocycles. The van der Waals surface area contributed by atoms with Crippen LogP contribution in [-0.2, 0) is 11.4 Å². The van der Waals surface area contributed by atoms with Gasteiger partial charge in [0.2, 0.25) is 0 Å². The number of hydrazone groups is 1. The summed E-state index contributed by atoms with van der Waals surface area (Å²) >= 11 is 6.87. The standard InChI is InChI=1S/C24H23Br2N3O2/c1-2-22(28-21-8-5-7-20(26)14-21)24(30)29-27-15-18-6-3-4-9-23(18)31-16-17-10-12-19(25)13-11-17/h3-15,22,28H,2,16H2,1H3,(H,29,30)/b27-15+/t22-/m1/s1. The lowest BCUT2D eigenvalue weighted by atomic mass is 10.2. The number of nitrogens with zero attached hydrogens (tertiary/aromatic N) is 1. The molecular weight excluding hydrogens is 522 g/mol. The van der Waals surface area contributed by atoms with Crippen LogP contribution >= 0.6 is 31.9 Å². The zero-order valence-corrected chi connectivity index (χ0v) is 20.2. The second kappa shape index (κ2) is 11.7. The fourth-order valence-electron chi connectivity index (χ4n) is 2.84. The summed E-state index contributed by atoms with van der Waals surface area (Å²) in [5, 5.41) is 7.36. The summed E-state index contributed by atoms with van der Waals surface area (Å²) in [5.41, 5.74) is 5.34. The van der Waals surface area contributed by atoms with E-state index < -0.39 is 6.04 Å². The molecule has 31 heavy (non-hydrogen) atoms. The van der Waals surface area contributed by atoms with Crippen LogP contribution in [0.4, 0.5) is 5.69 Å². The highest BCUT2D eigenvalue weighted by Crippen LogP contribution is 2.19. The lowest BCUT2D eigenvalue weighted by molar-refractivity contribution is -0.121. The molecule has 0 fully saturated rings. The van der Waals surface area contributed by atoms with Gasteiger partial charge in [0.05, 0.1) is 6.21 Å². The van der Waals surface area contributed by atoms with Crippen LogP contribution in [0.5, 0.6) is 5.75 Å². The van der Waals surface area contributed by atoms with Crippen LogP contribution in [0, 0.1) is 0 Å². The van der Waals surface area contributed by atoms with Crippen LogP contribution in [0.3, 0.4) is 0 Å². The Kier molecular flexibility index (Phi) is 8.67. The first kappa shape index (κ1) is 23.0. The van der Waals surface area contributed by atoms with Gasteiger partial charge in [0.25, 0.3) is 5.91 Å². The number of para-hydroxylation sites is 1. The van der Waals surface area contributed by atoms with Crippen molar-refractivity contribution in [2.45, 2.75) is 26.0 Å². The molecule has 3 aromatic rings. The van der Waals surface area contributed by atoms with Gasteiger partial charge in [0, 0.05) is 20.2 Å². The van der Waals surface area contributed by atoms with Crippen LogP contribution in [0.2, 0.25) is 0 Å². The van der Waals surface area contributed by atoms with Crippen molar-refractivity contribution in [3.8, 4) is 5.75 Å². The summed E-state index contributed by atoms with van der Waals surface area (Å²) < 4.78 is 7.92. The highest BCUT2D eigenvalue weighted by atomic mass is 79.9. The topological polar surface area (TPSA) is 62.7 Å². The number of anilines is 1. The van der Waals surface area contributed by atoms with Crippen LogP contribution in [0.25, 0.3) is 0 Å². The molecule has 0 radical (unpaired) electrons. The predicted molar refractivity (Wildman–Crippen MR) is 132 cm³/mol. The average Bonchev–Trinajstić information content (AvgIpc) is 2.78. The van der Waals surface area contributed by atoms with E-state index in [4.69, 9.17) is 4.74 Å². The molecule has 0 aliphatic carbocycles. The third-order valence-corrected chi connectivity index (χ3v) is 5.52. The highest BCUT2D eigenvalue weighted by molar-refractivity contribution is 9.10. The van der Waals surface area contributed by atoms with Crippen molar-refractivity contribution in [1.29, 1.82) is 0 Å². The van der Waals surface area contributed by atoms with E-state index in [2.05, 4.69) is 47.7 Å². The number of hydrogen-bond acceptors (Lipinski definition) is 4. The Morgan fingerprint density at radius 3 is 2.55 bits per heavy atom. The Labute approximate surface area is 199 Å². The lowest BCUT2D eigenvalue weighted by Crippen LogP contribution is -2.36. The quantitative estimate of drug-likeness (QED) is 0.251. The second-order valence-electron chi connectivity index (χ2n) is 6.80. The molecular formula is C24H23Br2N3O2. The van der Waals surface area contributed by atoms with Crippen LogP contribution in [0.15, 0.2) is 86.8 Å². The molecule has 2 N–H and O–H groups in total. The molecule has 160 valence electrons. The molecule has 1 amide bonds. The Balaban J connectivity index is 1.59. The number of amides is 1. The van der Waals surface area contributed by atoms with Gasteiger partial charge in [-0.2, -0.15) is 5.10 Å². The molecule has 0 spiro atoms. The summed E-state index contributed by atoms with van der Waals surface area (Å²) in [6.07, 6.45) is 2.22. The van der Waals surface area contributed by atoms with Crippen molar-refractivity contribution in [1.82, 2.24) is 5.43 Å². The Morgan fingerprint density at radius 1 is 1.03 bits per heavy atom. The molecule has 1 atom stereocenters. The normalized spacial score (nSPS) is 11.8. The number of ether oxygens (including phenoxy) is 1. The molecule has 3 aromatic carbocycles. The van der Waals surface area contributed by atoms with Gasteiger partial charge in [-0.15, -0.1) is 0 Å². The molecule has 0 heterocycles. The molecule has 0 bridgehead atoms. The van der Waals surface area contributed by atoms with Crippen molar-refractivity contribution >= 4 is 49.7 Å². The predicted octanol–water partition coefficient (Wildman–Crippen LogP) is 6.13. The number of carbonyl (C=O) groups is 1. The fourth-order valence-corrected chi connectivity index (χ4v) is 3.50. The first-order valence-corrected chi connectivity index (χ1v) is 11.4. The monoisotopic (exact) mass is 543 g/mol. The van der Waals surface area contributed by atoms with Crippen molar-refractivity contribution in [3.05, 3.63) is 92.9 Å². The molecule has 0 unspecified atom stereocenters. The van der Waals surface area contributed by atoms with Gasteiger partial charge in [-0.05, 0) is 54.4 Å². The number of rotatable bonds is 9. The molecule has 0 saturated heterocycles. The Bertz CT molecular complexity index is 1040. The minimum Gasteiger partial charge on any atom is -0.488 e. The van der Waals surface area contributed by atoms with Crippen molar-refractivity contribution in [2.75, 3.05) is 5.32 Å². The SMILES string of the molecule is CC[C@@H](Nc1cccc(Br)c1)C(=O)N/N=C/c1ccccc1OCc1ccc(Br)cc1. The molecule has 7 heteroatoms. The van der Waals surface area contributed by atoms with E-state index in [1.807, 2.05) is 79.7 Å². The first-order chi connectivity index (χ1) is 15.0.